The van der Waals surface area contributed by atoms with Gasteiger partial charge in [0.1, 0.15) is 11.6 Å². The first-order valence-electron chi connectivity index (χ1n) is 6.59. The zero-order valence-electron chi connectivity index (χ0n) is 11.0. The number of halogens is 2. The summed E-state index contributed by atoms with van der Waals surface area (Å²) in [6, 6.07) is 2.71. The lowest BCUT2D eigenvalue weighted by Gasteiger charge is -2.26. The van der Waals surface area contributed by atoms with E-state index < -0.39 is 17.5 Å². The molecule has 4 nitrogen and oxygen atoms in total. The molecule has 1 aromatic rings. The number of rotatable bonds is 3. The van der Waals surface area contributed by atoms with Crippen LogP contribution in [0.4, 0.5) is 8.78 Å². The topological polar surface area (TPSA) is 49.4 Å². The van der Waals surface area contributed by atoms with Gasteiger partial charge in [0, 0.05) is 19.2 Å². The summed E-state index contributed by atoms with van der Waals surface area (Å²) in [6.45, 7) is 1.22. The van der Waals surface area contributed by atoms with E-state index in [1.54, 1.807) is 4.90 Å². The predicted molar refractivity (Wildman–Crippen MR) is 69.1 cm³/mol. The van der Waals surface area contributed by atoms with Crippen molar-refractivity contribution < 1.29 is 18.4 Å². The fourth-order valence-electron chi connectivity index (χ4n) is 2.18. The van der Waals surface area contributed by atoms with Crippen LogP contribution >= 0.6 is 0 Å². The Morgan fingerprint density at radius 1 is 1.15 bits per heavy atom. The standard InChI is InChI=1S/C14H16F2N2O2/c15-10-4-5-11(12(16)8-10)14(20)17-9-13(19)18-6-2-1-3-7-18/h4-5,8H,1-3,6-7,9H2,(H,17,20). The Labute approximate surface area is 115 Å². The summed E-state index contributed by atoms with van der Waals surface area (Å²) < 4.78 is 26.1. The van der Waals surface area contributed by atoms with Crippen molar-refractivity contribution in [1.29, 1.82) is 0 Å². The fraction of sp³-hybridized carbons (Fsp3) is 0.429. The van der Waals surface area contributed by atoms with E-state index in [4.69, 9.17) is 0 Å². The third kappa shape index (κ3) is 3.53. The first-order chi connectivity index (χ1) is 9.58. The van der Waals surface area contributed by atoms with E-state index in [1.165, 1.54) is 0 Å². The van der Waals surface area contributed by atoms with Crippen molar-refractivity contribution in [3.8, 4) is 0 Å². The van der Waals surface area contributed by atoms with Crippen molar-refractivity contribution in [3.05, 3.63) is 35.4 Å². The van der Waals surface area contributed by atoms with Gasteiger partial charge in [-0.1, -0.05) is 0 Å². The van der Waals surface area contributed by atoms with Crippen molar-refractivity contribution in [1.82, 2.24) is 10.2 Å². The molecule has 1 aliphatic rings. The Balaban J connectivity index is 1.89. The molecule has 1 saturated heterocycles. The van der Waals surface area contributed by atoms with E-state index in [-0.39, 0.29) is 18.0 Å². The van der Waals surface area contributed by atoms with Gasteiger partial charge in [-0.15, -0.1) is 0 Å². The molecule has 0 spiro atoms. The van der Waals surface area contributed by atoms with Crippen LogP contribution < -0.4 is 5.32 Å². The molecule has 1 N–H and O–H groups in total. The molecule has 6 heteroatoms. The van der Waals surface area contributed by atoms with Gasteiger partial charge in [-0.2, -0.15) is 0 Å². The van der Waals surface area contributed by atoms with Crippen molar-refractivity contribution >= 4 is 11.8 Å². The lowest BCUT2D eigenvalue weighted by atomic mass is 10.1. The molecule has 1 heterocycles. The van der Waals surface area contributed by atoms with Crippen LogP contribution in [0, 0.1) is 11.6 Å². The van der Waals surface area contributed by atoms with Gasteiger partial charge < -0.3 is 10.2 Å². The number of likely N-dealkylation sites (tertiary alicyclic amines) is 1. The van der Waals surface area contributed by atoms with Gasteiger partial charge in [-0.25, -0.2) is 8.78 Å². The van der Waals surface area contributed by atoms with E-state index in [9.17, 15) is 18.4 Å². The zero-order valence-corrected chi connectivity index (χ0v) is 11.0. The molecule has 0 unspecified atom stereocenters. The average molecular weight is 282 g/mol. The number of carbonyl (C=O) groups is 2. The number of nitrogens with one attached hydrogen (secondary N) is 1. The highest BCUT2D eigenvalue weighted by atomic mass is 19.1. The second-order valence-corrected chi connectivity index (χ2v) is 4.75. The summed E-state index contributed by atoms with van der Waals surface area (Å²) in [6.07, 6.45) is 3.04. The molecule has 2 amide bonds. The smallest absolute Gasteiger partial charge is 0.254 e. The Morgan fingerprint density at radius 3 is 2.50 bits per heavy atom. The van der Waals surface area contributed by atoms with E-state index in [0.29, 0.717) is 19.2 Å². The Kier molecular flexibility index (Phi) is 4.65. The second-order valence-electron chi connectivity index (χ2n) is 4.75. The highest BCUT2D eigenvalue weighted by molar-refractivity contribution is 5.96. The SMILES string of the molecule is O=C(NCC(=O)N1CCCCC1)c1ccc(F)cc1F. The van der Waals surface area contributed by atoms with E-state index in [2.05, 4.69) is 5.32 Å². The van der Waals surface area contributed by atoms with Gasteiger partial charge in [0.25, 0.3) is 5.91 Å². The molecule has 2 rings (SSSR count). The van der Waals surface area contributed by atoms with Crippen LogP contribution in [-0.2, 0) is 4.79 Å². The predicted octanol–water partition coefficient (Wildman–Crippen LogP) is 1.71. The summed E-state index contributed by atoms with van der Waals surface area (Å²) in [5, 5.41) is 2.36. The summed E-state index contributed by atoms with van der Waals surface area (Å²) in [4.78, 5) is 25.2. The first-order valence-corrected chi connectivity index (χ1v) is 6.59. The van der Waals surface area contributed by atoms with Crippen LogP contribution in [0.3, 0.4) is 0 Å². The summed E-state index contributed by atoms with van der Waals surface area (Å²) in [7, 11) is 0. The maximum Gasteiger partial charge on any atom is 0.254 e. The minimum atomic E-state index is -0.937. The molecule has 0 atom stereocenters. The molecule has 1 fully saturated rings. The average Bonchev–Trinajstić information content (AvgIpc) is 2.45. The van der Waals surface area contributed by atoms with Gasteiger partial charge in [-0.3, -0.25) is 9.59 Å². The van der Waals surface area contributed by atoms with E-state index in [0.717, 1.165) is 31.4 Å². The second kappa shape index (κ2) is 6.45. The van der Waals surface area contributed by atoms with Crippen LogP contribution in [0.5, 0.6) is 0 Å². The van der Waals surface area contributed by atoms with Gasteiger partial charge in [0.15, 0.2) is 0 Å². The van der Waals surface area contributed by atoms with Crippen LogP contribution in [0.2, 0.25) is 0 Å². The zero-order chi connectivity index (χ0) is 14.5. The van der Waals surface area contributed by atoms with Crippen molar-refractivity contribution in [2.45, 2.75) is 19.3 Å². The number of benzene rings is 1. The van der Waals surface area contributed by atoms with Crippen molar-refractivity contribution in [2.24, 2.45) is 0 Å². The number of nitrogens with zero attached hydrogens (tertiary/aromatic N) is 1. The van der Waals surface area contributed by atoms with Crippen molar-refractivity contribution in [3.63, 3.8) is 0 Å². The van der Waals surface area contributed by atoms with Gasteiger partial charge in [0.2, 0.25) is 5.91 Å². The molecule has 0 aromatic heterocycles. The lowest BCUT2D eigenvalue weighted by Crippen LogP contribution is -2.42. The number of piperidine rings is 1. The van der Waals surface area contributed by atoms with Gasteiger partial charge in [0.05, 0.1) is 12.1 Å². The number of hydrogen-bond acceptors (Lipinski definition) is 2. The van der Waals surface area contributed by atoms with Crippen LogP contribution in [0.1, 0.15) is 29.6 Å². The number of hydrogen-bond donors (Lipinski definition) is 1. The van der Waals surface area contributed by atoms with Crippen LogP contribution in [-0.4, -0.2) is 36.3 Å². The van der Waals surface area contributed by atoms with E-state index in [1.807, 2.05) is 0 Å². The Bertz CT molecular complexity index is 514. The fourth-order valence-corrected chi connectivity index (χ4v) is 2.18. The molecule has 20 heavy (non-hydrogen) atoms. The van der Waals surface area contributed by atoms with Gasteiger partial charge in [-0.05, 0) is 31.4 Å². The molecule has 1 aliphatic heterocycles. The van der Waals surface area contributed by atoms with Crippen molar-refractivity contribution in [2.75, 3.05) is 19.6 Å². The summed E-state index contributed by atoms with van der Waals surface area (Å²) in [5.41, 5.74) is -0.266. The third-order valence-electron chi connectivity index (χ3n) is 3.28. The molecule has 108 valence electrons. The molecule has 0 radical (unpaired) electrons. The Hall–Kier alpha value is -1.98. The molecular weight excluding hydrogens is 266 g/mol. The Morgan fingerprint density at radius 2 is 1.85 bits per heavy atom. The third-order valence-corrected chi connectivity index (χ3v) is 3.28. The van der Waals surface area contributed by atoms with Gasteiger partial charge >= 0.3 is 0 Å². The quantitative estimate of drug-likeness (QED) is 0.917. The highest BCUT2D eigenvalue weighted by Crippen LogP contribution is 2.10. The normalized spacial score (nSPS) is 15.0. The maximum absolute atomic E-state index is 13.4. The molecule has 0 bridgehead atoms. The minimum absolute atomic E-state index is 0.171. The monoisotopic (exact) mass is 282 g/mol. The lowest BCUT2D eigenvalue weighted by molar-refractivity contribution is -0.130. The van der Waals surface area contributed by atoms with E-state index >= 15 is 0 Å². The molecule has 0 saturated carbocycles. The summed E-state index contributed by atoms with van der Waals surface area (Å²) in [5.74, 6) is -2.58. The number of amides is 2. The largest absolute Gasteiger partial charge is 0.343 e. The molecular formula is C14H16F2N2O2. The first kappa shape index (κ1) is 14.4. The molecule has 0 aliphatic carbocycles. The maximum atomic E-state index is 13.4. The minimum Gasteiger partial charge on any atom is -0.343 e. The molecule has 1 aromatic carbocycles. The summed E-state index contributed by atoms with van der Waals surface area (Å²) >= 11 is 0. The van der Waals surface area contributed by atoms with Crippen LogP contribution in [0.25, 0.3) is 0 Å². The van der Waals surface area contributed by atoms with Crippen LogP contribution in [0.15, 0.2) is 18.2 Å². The highest BCUT2D eigenvalue weighted by Gasteiger charge is 2.18. The number of carbonyl (C=O) groups excluding carboxylic acids is 2.